The first kappa shape index (κ1) is 15.4. The van der Waals surface area contributed by atoms with Crippen molar-refractivity contribution in [2.24, 2.45) is 0 Å². The summed E-state index contributed by atoms with van der Waals surface area (Å²) in [5.41, 5.74) is 1.32. The van der Waals surface area contributed by atoms with Gasteiger partial charge in [0.05, 0.1) is 12.1 Å². The predicted molar refractivity (Wildman–Crippen MR) is 88.9 cm³/mol. The molecule has 1 heterocycles. The summed E-state index contributed by atoms with van der Waals surface area (Å²) in [7, 11) is 0. The second-order valence-corrected chi connectivity index (χ2v) is 5.85. The van der Waals surface area contributed by atoms with Crippen LogP contribution in [0, 0.1) is 0 Å². The molecule has 2 aromatic rings. The monoisotopic (exact) mass is 376 g/mol. The molecule has 1 aliphatic heterocycles. The van der Waals surface area contributed by atoms with Crippen molar-refractivity contribution in [3.63, 3.8) is 0 Å². The summed E-state index contributed by atoms with van der Waals surface area (Å²) in [6, 6.07) is 11.5. The number of anilines is 2. The van der Waals surface area contributed by atoms with Crippen LogP contribution in [0.3, 0.4) is 0 Å². The summed E-state index contributed by atoms with van der Waals surface area (Å²) < 4.78 is 5.59. The number of halogens is 1. The van der Waals surface area contributed by atoms with Crippen LogP contribution in [0.15, 0.2) is 46.9 Å². The van der Waals surface area contributed by atoms with E-state index in [9.17, 15) is 14.7 Å². The van der Waals surface area contributed by atoms with E-state index in [2.05, 4.69) is 21.2 Å². The molecule has 1 fully saturated rings. The van der Waals surface area contributed by atoms with Gasteiger partial charge in [-0.25, -0.2) is 4.79 Å². The number of aromatic hydroxyl groups is 1. The zero-order valence-electron chi connectivity index (χ0n) is 12.0. The number of carbonyl (C=O) groups excluding carboxylic acids is 2. The molecule has 0 saturated carbocycles. The van der Waals surface area contributed by atoms with E-state index in [0.717, 1.165) is 0 Å². The number of cyclic esters (lactones) is 1. The minimum Gasteiger partial charge on any atom is -0.507 e. The summed E-state index contributed by atoms with van der Waals surface area (Å²) in [5, 5.41) is 12.5. The van der Waals surface area contributed by atoms with E-state index >= 15 is 0 Å². The van der Waals surface area contributed by atoms with Crippen molar-refractivity contribution in [1.29, 1.82) is 0 Å². The molecule has 23 heavy (non-hydrogen) atoms. The maximum atomic E-state index is 12.3. The van der Waals surface area contributed by atoms with Crippen LogP contribution in [0.25, 0.3) is 0 Å². The largest absolute Gasteiger partial charge is 0.507 e. The van der Waals surface area contributed by atoms with Gasteiger partial charge in [0, 0.05) is 15.8 Å². The van der Waals surface area contributed by atoms with Crippen molar-refractivity contribution in [2.75, 3.05) is 23.4 Å². The van der Waals surface area contributed by atoms with Crippen LogP contribution in [0.2, 0.25) is 0 Å². The highest BCUT2D eigenvalue weighted by Gasteiger charge is 2.23. The van der Waals surface area contributed by atoms with E-state index in [1.165, 1.54) is 17.0 Å². The average Bonchev–Trinajstić information content (AvgIpc) is 2.96. The molecule has 2 N–H and O–H groups in total. The van der Waals surface area contributed by atoms with Gasteiger partial charge in [-0.15, -0.1) is 0 Å². The lowest BCUT2D eigenvalue weighted by Gasteiger charge is -2.14. The topological polar surface area (TPSA) is 78.9 Å². The lowest BCUT2D eigenvalue weighted by Crippen LogP contribution is -2.23. The van der Waals surface area contributed by atoms with Crippen LogP contribution in [0.5, 0.6) is 5.75 Å². The molecule has 0 radical (unpaired) electrons. The van der Waals surface area contributed by atoms with Gasteiger partial charge in [0.25, 0.3) is 5.91 Å². The van der Waals surface area contributed by atoms with Crippen LogP contribution in [0.4, 0.5) is 16.2 Å². The van der Waals surface area contributed by atoms with Crippen LogP contribution in [0.1, 0.15) is 10.4 Å². The molecular weight excluding hydrogens is 364 g/mol. The van der Waals surface area contributed by atoms with Gasteiger partial charge in [0.15, 0.2) is 0 Å². The molecule has 0 spiro atoms. The molecule has 0 bridgehead atoms. The summed E-state index contributed by atoms with van der Waals surface area (Å²) >= 11 is 3.26. The van der Waals surface area contributed by atoms with Crippen molar-refractivity contribution in [1.82, 2.24) is 0 Å². The Labute approximate surface area is 140 Å². The standard InChI is InChI=1S/C16H13BrN2O4/c17-10-4-5-14(20)13(8-10)15(21)18-11-2-1-3-12(9-11)19-6-7-23-16(19)22/h1-5,8-9,20H,6-7H2,(H,18,21). The Kier molecular flexibility index (Phi) is 4.20. The number of amides is 2. The van der Waals surface area contributed by atoms with Gasteiger partial charge in [-0.1, -0.05) is 22.0 Å². The molecule has 2 aromatic carbocycles. The number of phenolic OH excluding ortho intramolecular Hbond substituents is 1. The number of rotatable bonds is 3. The summed E-state index contributed by atoms with van der Waals surface area (Å²) in [6.07, 6.45) is -0.405. The Balaban J connectivity index is 1.81. The Bertz CT molecular complexity index is 778. The predicted octanol–water partition coefficient (Wildman–Crippen LogP) is 3.36. The third-order valence-electron chi connectivity index (χ3n) is 3.38. The third-order valence-corrected chi connectivity index (χ3v) is 3.87. The third kappa shape index (κ3) is 3.29. The van der Waals surface area contributed by atoms with Crippen molar-refractivity contribution < 1.29 is 19.4 Å². The number of carbonyl (C=O) groups is 2. The SMILES string of the molecule is O=C(Nc1cccc(N2CCOC2=O)c1)c1cc(Br)ccc1O. The highest BCUT2D eigenvalue weighted by molar-refractivity contribution is 9.10. The van der Waals surface area contributed by atoms with Crippen molar-refractivity contribution in [3.05, 3.63) is 52.5 Å². The molecule has 3 rings (SSSR count). The van der Waals surface area contributed by atoms with E-state index in [1.54, 1.807) is 30.3 Å². The van der Waals surface area contributed by atoms with E-state index in [4.69, 9.17) is 4.74 Å². The molecule has 0 aliphatic carbocycles. The zero-order valence-corrected chi connectivity index (χ0v) is 13.5. The van der Waals surface area contributed by atoms with Crippen LogP contribution in [-0.4, -0.2) is 30.3 Å². The maximum absolute atomic E-state index is 12.3. The van der Waals surface area contributed by atoms with Crippen LogP contribution in [-0.2, 0) is 4.74 Å². The molecule has 1 aliphatic rings. The first-order valence-corrected chi connectivity index (χ1v) is 7.68. The molecular formula is C16H13BrN2O4. The number of nitrogens with zero attached hydrogens (tertiary/aromatic N) is 1. The fourth-order valence-corrected chi connectivity index (χ4v) is 2.63. The van der Waals surface area contributed by atoms with Gasteiger partial charge >= 0.3 is 6.09 Å². The Hall–Kier alpha value is -2.54. The lowest BCUT2D eigenvalue weighted by molar-refractivity contribution is 0.102. The maximum Gasteiger partial charge on any atom is 0.414 e. The lowest BCUT2D eigenvalue weighted by atomic mass is 10.2. The Morgan fingerprint density at radius 1 is 1.26 bits per heavy atom. The fraction of sp³-hybridized carbons (Fsp3) is 0.125. The first-order chi connectivity index (χ1) is 11.0. The number of benzene rings is 2. The zero-order chi connectivity index (χ0) is 16.4. The van der Waals surface area contributed by atoms with Crippen molar-refractivity contribution >= 4 is 39.3 Å². The molecule has 6 nitrogen and oxygen atoms in total. The van der Waals surface area contributed by atoms with Gasteiger partial charge in [-0.2, -0.15) is 0 Å². The van der Waals surface area contributed by atoms with Crippen molar-refractivity contribution in [3.8, 4) is 5.75 Å². The molecule has 7 heteroatoms. The normalized spacial score (nSPS) is 13.8. The summed E-state index contributed by atoms with van der Waals surface area (Å²) in [5.74, 6) is -0.546. The van der Waals surface area contributed by atoms with E-state index in [1.807, 2.05) is 0 Å². The summed E-state index contributed by atoms with van der Waals surface area (Å²) in [6.45, 7) is 0.823. The summed E-state index contributed by atoms with van der Waals surface area (Å²) in [4.78, 5) is 25.4. The van der Waals surface area contributed by atoms with Crippen molar-refractivity contribution in [2.45, 2.75) is 0 Å². The molecule has 0 unspecified atom stereocenters. The van der Waals surface area contributed by atoms with E-state index < -0.39 is 12.0 Å². The fourth-order valence-electron chi connectivity index (χ4n) is 2.27. The van der Waals surface area contributed by atoms with Crippen LogP contribution < -0.4 is 10.2 Å². The number of hydrogen-bond donors (Lipinski definition) is 2. The van der Waals surface area contributed by atoms with Crippen LogP contribution >= 0.6 is 15.9 Å². The molecule has 0 atom stereocenters. The van der Waals surface area contributed by atoms with E-state index in [0.29, 0.717) is 29.0 Å². The highest BCUT2D eigenvalue weighted by atomic mass is 79.9. The number of phenols is 1. The van der Waals surface area contributed by atoms with Gasteiger partial charge in [0.2, 0.25) is 0 Å². The van der Waals surface area contributed by atoms with Gasteiger partial charge in [0.1, 0.15) is 12.4 Å². The molecule has 0 aromatic heterocycles. The molecule has 2 amide bonds. The molecule has 1 saturated heterocycles. The molecule has 118 valence electrons. The quantitative estimate of drug-likeness (QED) is 0.860. The number of ether oxygens (including phenoxy) is 1. The number of hydrogen-bond acceptors (Lipinski definition) is 4. The highest BCUT2D eigenvalue weighted by Crippen LogP contribution is 2.25. The van der Waals surface area contributed by atoms with Gasteiger partial charge in [-0.05, 0) is 36.4 Å². The van der Waals surface area contributed by atoms with Gasteiger partial charge < -0.3 is 15.2 Å². The Morgan fingerprint density at radius 2 is 2.09 bits per heavy atom. The minimum absolute atomic E-state index is 0.107. The minimum atomic E-state index is -0.440. The average molecular weight is 377 g/mol. The Morgan fingerprint density at radius 3 is 2.83 bits per heavy atom. The first-order valence-electron chi connectivity index (χ1n) is 6.89. The second-order valence-electron chi connectivity index (χ2n) is 4.93. The van der Waals surface area contributed by atoms with Gasteiger partial charge in [-0.3, -0.25) is 9.69 Å². The number of nitrogens with one attached hydrogen (secondary N) is 1. The second kappa shape index (κ2) is 6.29. The van der Waals surface area contributed by atoms with E-state index in [-0.39, 0.29) is 11.3 Å². The smallest absolute Gasteiger partial charge is 0.414 e.